The average molecular weight is 566 g/mol. The molecule has 1 aliphatic heterocycles. The maximum atomic E-state index is 14.7. The van der Waals surface area contributed by atoms with Gasteiger partial charge in [0.15, 0.2) is 0 Å². The zero-order valence-corrected chi connectivity index (χ0v) is 23.2. The van der Waals surface area contributed by atoms with Crippen molar-refractivity contribution in [2.24, 2.45) is 0 Å². The predicted octanol–water partition coefficient (Wildman–Crippen LogP) is 3.92. The fraction of sp³-hybridized carbons (Fsp3) is 0.300. The van der Waals surface area contributed by atoms with Gasteiger partial charge in [0.05, 0.1) is 5.56 Å². The maximum absolute atomic E-state index is 14.7. The Kier molecular flexibility index (Phi) is 8.99. The van der Waals surface area contributed by atoms with Gasteiger partial charge in [-0.25, -0.2) is 17.1 Å². The van der Waals surface area contributed by atoms with E-state index in [9.17, 15) is 27.2 Å². The lowest BCUT2D eigenvalue weighted by Gasteiger charge is -2.33. The van der Waals surface area contributed by atoms with Crippen molar-refractivity contribution in [1.29, 1.82) is 0 Å². The standard InChI is InChI=1S/C30H32FN3O5S/c1-3-21(2)32-29(36)26(19-22-11-5-4-6-12-22)33(20-23-13-7-9-15-25(23)31)28(35)17-18-34-30(37)24-14-8-10-16-27(24)40(34,38)39/h4-16,21,26H,3,17-20H2,1-2H3,(H,32,36)/t21-,26-/m0/s1. The minimum Gasteiger partial charge on any atom is -0.352 e. The summed E-state index contributed by atoms with van der Waals surface area (Å²) in [5.74, 6) is -2.23. The molecule has 40 heavy (non-hydrogen) atoms. The van der Waals surface area contributed by atoms with Crippen LogP contribution in [0.4, 0.5) is 4.39 Å². The summed E-state index contributed by atoms with van der Waals surface area (Å²) < 4.78 is 41.5. The number of nitrogens with zero attached hydrogens (tertiary/aromatic N) is 2. The first-order valence-corrected chi connectivity index (χ1v) is 14.6. The summed E-state index contributed by atoms with van der Waals surface area (Å²) in [6.07, 6.45) is 0.450. The summed E-state index contributed by atoms with van der Waals surface area (Å²) in [5, 5.41) is 2.93. The van der Waals surface area contributed by atoms with E-state index in [1.165, 1.54) is 41.3 Å². The molecule has 1 aliphatic rings. The molecule has 0 saturated heterocycles. The summed E-state index contributed by atoms with van der Waals surface area (Å²) >= 11 is 0. The van der Waals surface area contributed by atoms with Crippen molar-refractivity contribution in [3.05, 3.63) is 101 Å². The molecule has 3 aromatic rings. The number of carbonyl (C=O) groups excluding carboxylic acids is 3. The van der Waals surface area contributed by atoms with Crippen LogP contribution in [-0.4, -0.2) is 54.0 Å². The Balaban J connectivity index is 1.65. The molecule has 4 rings (SSSR count). The highest BCUT2D eigenvalue weighted by molar-refractivity contribution is 7.90. The number of benzene rings is 3. The van der Waals surface area contributed by atoms with E-state index >= 15 is 0 Å². The molecule has 1 N–H and O–H groups in total. The Morgan fingerprint density at radius 2 is 1.62 bits per heavy atom. The Hall–Kier alpha value is -4.05. The summed E-state index contributed by atoms with van der Waals surface area (Å²) in [6, 6.07) is 19.8. The molecule has 8 nitrogen and oxygen atoms in total. The molecule has 210 valence electrons. The molecule has 0 aliphatic carbocycles. The second-order valence-corrected chi connectivity index (χ2v) is 11.6. The van der Waals surface area contributed by atoms with Crippen molar-refractivity contribution in [2.45, 2.75) is 56.6 Å². The molecule has 3 aromatic carbocycles. The van der Waals surface area contributed by atoms with Crippen LogP contribution in [0.1, 0.15) is 48.2 Å². The first-order valence-electron chi connectivity index (χ1n) is 13.2. The molecule has 10 heteroatoms. The lowest BCUT2D eigenvalue weighted by Crippen LogP contribution is -2.52. The van der Waals surface area contributed by atoms with E-state index in [2.05, 4.69) is 5.32 Å². The van der Waals surface area contributed by atoms with Crippen LogP contribution in [0.15, 0.2) is 83.8 Å². The predicted molar refractivity (Wildman–Crippen MR) is 148 cm³/mol. The topological polar surface area (TPSA) is 104 Å². The van der Waals surface area contributed by atoms with Gasteiger partial charge in [-0.2, -0.15) is 0 Å². The number of rotatable bonds is 11. The number of fused-ring (bicyclic) bond motifs is 1. The van der Waals surface area contributed by atoms with Gasteiger partial charge in [-0.15, -0.1) is 0 Å². The molecular formula is C30H32FN3O5S. The second-order valence-electron chi connectivity index (χ2n) is 9.76. The third-order valence-electron chi connectivity index (χ3n) is 7.01. The highest BCUT2D eigenvalue weighted by Crippen LogP contribution is 2.30. The minimum absolute atomic E-state index is 0.0491. The molecule has 0 radical (unpaired) electrons. The molecule has 0 saturated carbocycles. The summed E-state index contributed by atoms with van der Waals surface area (Å²) in [4.78, 5) is 41.4. The van der Waals surface area contributed by atoms with E-state index in [-0.39, 0.29) is 41.5 Å². The van der Waals surface area contributed by atoms with E-state index < -0.39 is 46.1 Å². The maximum Gasteiger partial charge on any atom is 0.269 e. The first-order chi connectivity index (χ1) is 19.1. The van der Waals surface area contributed by atoms with E-state index in [4.69, 9.17) is 0 Å². The largest absolute Gasteiger partial charge is 0.352 e. The number of carbonyl (C=O) groups is 3. The van der Waals surface area contributed by atoms with Crippen LogP contribution in [0.5, 0.6) is 0 Å². The van der Waals surface area contributed by atoms with Gasteiger partial charge in [0.1, 0.15) is 16.8 Å². The van der Waals surface area contributed by atoms with Gasteiger partial charge in [0.25, 0.3) is 15.9 Å². The van der Waals surface area contributed by atoms with Gasteiger partial charge in [-0.05, 0) is 37.1 Å². The van der Waals surface area contributed by atoms with E-state index in [1.807, 2.05) is 44.2 Å². The first kappa shape index (κ1) is 28.9. The average Bonchev–Trinajstić information content (AvgIpc) is 3.15. The van der Waals surface area contributed by atoms with E-state index in [0.717, 1.165) is 5.56 Å². The van der Waals surface area contributed by atoms with Crippen molar-refractivity contribution in [3.63, 3.8) is 0 Å². The fourth-order valence-electron chi connectivity index (χ4n) is 4.60. The van der Waals surface area contributed by atoms with E-state index in [0.29, 0.717) is 10.7 Å². The number of halogens is 1. The Bertz CT molecular complexity index is 1500. The van der Waals surface area contributed by atoms with Gasteiger partial charge >= 0.3 is 0 Å². The van der Waals surface area contributed by atoms with Crippen LogP contribution in [-0.2, 0) is 32.6 Å². The number of hydrogen-bond donors (Lipinski definition) is 1. The van der Waals surface area contributed by atoms with Crippen LogP contribution >= 0.6 is 0 Å². The van der Waals surface area contributed by atoms with Crippen molar-refractivity contribution >= 4 is 27.7 Å². The zero-order chi connectivity index (χ0) is 28.9. The molecule has 0 fully saturated rings. The smallest absolute Gasteiger partial charge is 0.269 e. The van der Waals surface area contributed by atoms with Crippen molar-refractivity contribution < 1.29 is 27.2 Å². The third kappa shape index (κ3) is 6.22. The van der Waals surface area contributed by atoms with Crippen molar-refractivity contribution in [2.75, 3.05) is 6.54 Å². The number of nitrogens with one attached hydrogen (secondary N) is 1. The normalized spacial score (nSPS) is 15.3. The third-order valence-corrected chi connectivity index (χ3v) is 8.85. The van der Waals surface area contributed by atoms with Crippen LogP contribution in [0.3, 0.4) is 0 Å². The quantitative estimate of drug-likeness (QED) is 0.380. The zero-order valence-electron chi connectivity index (χ0n) is 22.4. The minimum atomic E-state index is -4.11. The molecule has 3 amide bonds. The Labute approximate surface area is 233 Å². The van der Waals surface area contributed by atoms with Crippen LogP contribution in [0.2, 0.25) is 0 Å². The fourth-order valence-corrected chi connectivity index (χ4v) is 6.17. The molecule has 2 atom stereocenters. The summed E-state index contributed by atoms with van der Waals surface area (Å²) in [7, 11) is -4.11. The lowest BCUT2D eigenvalue weighted by molar-refractivity contribution is -0.141. The number of sulfonamides is 1. The SMILES string of the molecule is CC[C@H](C)NC(=O)[C@H](Cc1ccccc1)N(Cc1ccccc1F)C(=O)CCN1C(=O)c2ccccc2S1(=O)=O. The Morgan fingerprint density at radius 3 is 2.30 bits per heavy atom. The molecule has 1 heterocycles. The second kappa shape index (κ2) is 12.4. The van der Waals surface area contributed by atoms with Crippen LogP contribution < -0.4 is 5.32 Å². The molecule has 0 bridgehead atoms. The molecular weight excluding hydrogens is 533 g/mol. The van der Waals surface area contributed by atoms with Crippen LogP contribution in [0, 0.1) is 5.82 Å². The van der Waals surface area contributed by atoms with Crippen molar-refractivity contribution in [3.8, 4) is 0 Å². The highest BCUT2D eigenvalue weighted by atomic mass is 32.2. The van der Waals surface area contributed by atoms with Gasteiger partial charge in [-0.1, -0.05) is 67.6 Å². The summed E-state index contributed by atoms with van der Waals surface area (Å²) in [6.45, 7) is 3.15. The molecule has 0 aromatic heterocycles. The molecule has 0 spiro atoms. The van der Waals surface area contributed by atoms with Crippen LogP contribution in [0.25, 0.3) is 0 Å². The van der Waals surface area contributed by atoms with Gasteiger partial charge in [-0.3, -0.25) is 14.4 Å². The monoisotopic (exact) mass is 565 g/mol. The highest BCUT2D eigenvalue weighted by Gasteiger charge is 2.41. The summed E-state index contributed by atoms with van der Waals surface area (Å²) in [5.41, 5.74) is 1.06. The molecule has 0 unspecified atom stereocenters. The van der Waals surface area contributed by atoms with Crippen molar-refractivity contribution in [1.82, 2.24) is 14.5 Å². The Morgan fingerprint density at radius 1 is 0.975 bits per heavy atom. The van der Waals surface area contributed by atoms with E-state index in [1.54, 1.807) is 12.1 Å². The van der Waals surface area contributed by atoms with Gasteiger partial charge < -0.3 is 10.2 Å². The number of hydrogen-bond acceptors (Lipinski definition) is 5. The number of amides is 3. The van der Waals surface area contributed by atoms with Gasteiger partial charge in [0.2, 0.25) is 11.8 Å². The van der Waals surface area contributed by atoms with Gasteiger partial charge in [0, 0.05) is 37.5 Å². The lowest BCUT2D eigenvalue weighted by atomic mass is 10.0.